The summed E-state index contributed by atoms with van der Waals surface area (Å²) in [4.78, 5) is 19.3. The number of aromatic nitrogens is 1. The standard InChI is InChI=1S/C27H28N2O4/c1-16-10-12-19(13-11-16)27-23(18-8-6-5-7-9-18)21(25(31)29(3)4)24(30)26(27,32)22-17(2)14-28-15-20(22)33-27/h5-15,21,23-24,30,32H,1-4H3/t21-,23-,24-,26+,27+/m1/s1. The number of ether oxygens (including phenoxy) is 1. The molecule has 33 heavy (non-hydrogen) atoms. The number of aliphatic hydroxyl groups excluding tert-OH is 1. The summed E-state index contributed by atoms with van der Waals surface area (Å²) in [7, 11) is 3.33. The fourth-order valence-corrected chi connectivity index (χ4v) is 5.84. The summed E-state index contributed by atoms with van der Waals surface area (Å²) in [6.45, 7) is 3.83. The minimum Gasteiger partial charge on any atom is -0.476 e. The SMILES string of the molecule is Cc1ccc([C@@]23Oc4cncc(C)c4[C@]2(O)[C@H](O)[C@H](C(=O)N(C)C)[C@H]3c2ccccc2)cc1. The molecule has 1 aliphatic heterocycles. The molecule has 0 bridgehead atoms. The van der Waals surface area contributed by atoms with Crippen LogP contribution in [0.4, 0.5) is 0 Å². The molecule has 1 amide bonds. The third-order valence-electron chi connectivity index (χ3n) is 7.25. The van der Waals surface area contributed by atoms with Crippen molar-refractivity contribution in [1.82, 2.24) is 9.88 Å². The van der Waals surface area contributed by atoms with Gasteiger partial charge in [0.05, 0.1) is 12.1 Å². The van der Waals surface area contributed by atoms with Crippen LogP contribution in [-0.4, -0.2) is 46.2 Å². The Bertz CT molecular complexity index is 1210. The summed E-state index contributed by atoms with van der Waals surface area (Å²) in [6, 6.07) is 17.3. The van der Waals surface area contributed by atoms with Crippen LogP contribution < -0.4 is 4.74 Å². The lowest BCUT2D eigenvalue weighted by atomic mass is 9.70. The van der Waals surface area contributed by atoms with Crippen LogP contribution in [0.3, 0.4) is 0 Å². The zero-order chi connectivity index (χ0) is 23.5. The molecule has 1 aliphatic carbocycles. The molecule has 170 valence electrons. The summed E-state index contributed by atoms with van der Waals surface area (Å²) in [6.07, 6.45) is 1.82. The molecular weight excluding hydrogens is 416 g/mol. The Hall–Kier alpha value is -3.22. The van der Waals surface area contributed by atoms with Crippen molar-refractivity contribution in [3.63, 3.8) is 0 Å². The van der Waals surface area contributed by atoms with E-state index in [1.165, 1.54) is 4.90 Å². The highest BCUT2D eigenvalue weighted by Crippen LogP contribution is 2.68. The largest absolute Gasteiger partial charge is 0.476 e. The lowest BCUT2D eigenvalue weighted by molar-refractivity contribution is -0.156. The average molecular weight is 445 g/mol. The topological polar surface area (TPSA) is 82.9 Å². The van der Waals surface area contributed by atoms with E-state index in [1.807, 2.05) is 68.4 Å². The minimum absolute atomic E-state index is 0.262. The molecule has 3 aromatic rings. The van der Waals surface area contributed by atoms with Crippen molar-refractivity contribution < 1.29 is 19.7 Å². The highest BCUT2D eigenvalue weighted by molar-refractivity contribution is 5.82. The maximum absolute atomic E-state index is 13.5. The normalized spacial score (nSPS) is 29.8. The number of carbonyl (C=O) groups excluding carboxylic acids is 1. The van der Waals surface area contributed by atoms with Crippen molar-refractivity contribution in [2.24, 2.45) is 5.92 Å². The number of aliphatic hydroxyl groups is 2. The highest BCUT2D eigenvalue weighted by atomic mass is 16.5. The first-order chi connectivity index (χ1) is 15.7. The van der Waals surface area contributed by atoms with E-state index in [1.54, 1.807) is 26.5 Å². The Labute approximate surface area is 193 Å². The summed E-state index contributed by atoms with van der Waals surface area (Å²) in [5.74, 6) is -1.41. The monoisotopic (exact) mass is 444 g/mol. The van der Waals surface area contributed by atoms with Gasteiger partial charge in [0.25, 0.3) is 0 Å². The van der Waals surface area contributed by atoms with Gasteiger partial charge >= 0.3 is 0 Å². The molecule has 1 aromatic heterocycles. The highest BCUT2D eigenvalue weighted by Gasteiger charge is 2.77. The van der Waals surface area contributed by atoms with Crippen LogP contribution in [-0.2, 0) is 16.0 Å². The quantitative estimate of drug-likeness (QED) is 0.649. The van der Waals surface area contributed by atoms with Gasteiger partial charge in [0.15, 0.2) is 11.2 Å². The van der Waals surface area contributed by atoms with Crippen molar-refractivity contribution >= 4 is 5.91 Å². The Morgan fingerprint density at radius 1 is 1.03 bits per heavy atom. The number of rotatable bonds is 3. The third kappa shape index (κ3) is 2.74. The number of aryl methyl sites for hydroxylation is 2. The first-order valence-electron chi connectivity index (χ1n) is 11.1. The van der Waals surface area contributed by atoms with E-state index in [-0.39, 0.29) is 5.91 Å². The lowest BCUT2D eigenvalue weighted by Gasteiger charge is -2.41. The molecule has 1 saturated carbocycles. The zero-order valence-electron chi connectivity index (χ0n) is 19.2. The van der Waals surface area contributed by atoms with Crippen molar-refractivity contribution in [2.45, 2.75) is 37.1 Å². The molecule has 2 N–H and O–H groups in total. The molecule has 2 aromatic carbocycles. The van der Waals surface area contributed by atoms with Gasteiger partial charge in [-0.2, -0.15) is 0 Å². The molecule has 0 radical (unpaired) electrons. The van der Waals surface area contributed by atoms with Gasteiger partial charge in [-0.3, -0.25) is 9.78 Å². The van der Waals surface area contributed by atoms with Gasteiger partial charge in [0.1, 0.15) is 11.9 Å². The summed E-state index contributed by atoms with van der Waals surface area (Å²) < 4.78 is 6.68. The van der Waals surface area contributed by atoms with Crippen LogP contribution >= 0.6 is 0 Å². The molecule has 0 spiro atoms. The van der Waals surface area contributed by atoms with Gasteiger partial charge in [0, 0.05) is 31.8 Å². The lowest BCUT2D eigenvalue weighted by Crippen LogP contribution is -2.52. The Morgan fingerprint density at radius 2 is 1.70 bits per heavy atom. The van der Waals surface area contributed by atoms with Crippen LogP contribution in [0, 0.1) is 19.8 Å². The van der Waals surface area contributed by atoms with Gasteiger partial charge in [0.2, 0.25) is 5.91 Å². The first-order valence-corrected chi connectivity index (χ1v) is 11.1. The number of fused-ring (bicyclic) bond motifs is 3. The third-order valence-corrected chi connectivity index (χ3v) is 7.25. The van der Waals surface area contributed by atoms with Gasteiger partial charge < -0.3 is 19.8 Å². The van der Waals surface area contributed by atoms with Gasteiger partial charge in [-0.15, -0.1) is 0 Å². The molecule has 0 unspecified atom stereocenters. The van der Waals surface area contributed by atoms with Crippen molar-refractivity contribution in [1.29, 1.82) is 0 Å². The van der Waals surface area contributed by atoms with E-state index in [9.17, 15) is 15.0 Å². The van der Waals surface area contributed by atoms with Crippen molar-refractivity contribution in [3.05, 3.63) is 94.8 Å². The van der Waals surface area contributed by atoms with E-state index in [0.29, 0.717) is 22.4 Å². The smallest absolute Gasteiger partial charge is 0.228 e. The van der Waals surface area contributed by atoms with Crippen LogP contribution in [0.1, 0.15) is 33.7 Å². The van der Waals surface area contributed by atoms with Crippen molar-refractivity contribution in [2.75, 3.05) is 14.1 Å². The fourth-order valence-electron chi connectivity index (χ4n) is 5.84. The van der Waals surface area contributed by atoms with E-state index in [0.717, 1.165) is 11.1 Å². The number of benzene rings is 2. The van der Waals surface area contributed by atoms with Gasteiger partial charge in [-0.25, -0.2) is 0 Å². The second-order valence-corrected chi connectivity index (χ2v) is 9.39. The minimum atomic E-state index is -1.86. The molecule has 1 fully saturated rings. The Morgan fingerprint density at radius 3 is 2.33 bits per heavy atom. The fraction of sp³-hybridized carbons (Fsp3) is 0.333. The number of hydrogen-bond donors (Lipinski definition) is 2. The van der Waals surface area contributed by atoms with Crippen LogP contribution in [0.5, 0.6) is 5.75 Å². The van der Waals surface area contributed by atoms with E-state index >= 15 is 0 Å². The summed E-state index contributed by atoms with van der Waals surface area (Å²) in [5, 5.41) is 24.4. The van der Waals surface area contributed by atoms with E-state index in [4.69, 9.17) is 4.74 Å². The average Bonchev–Trinajstić information content (AvgIpc) is 3.18. The van der Waals surface area contributed by atoms with E-state index in [2.05, 4.69) is 4.98 Å². The molecule has 5 atom stereocenters. The molecule has 5 rings (SSSR count). The van der Waals surface area contributed by atoms with Crippen LogP contribution in [0.25, 0.3) is 0 Å². The Balaban J connectivity index is 1.88. The van der Waals surface area contributed by atoms with Crippen molar-refractivity contribution in [3.8, 4) is 5.75 Å². The number of hydrogen-bond acceptors (Lipinski definition) is 5. The number of nitrogens with zero attached hydrogens (tertiary/aromatic N) is 2. The number of pyridine rings is 1. The second-order valence-electron chi connectivity index (χ2n) is 9.39. The van der Waals surface area contributed by atoms with Gasteiger partial charge in [-0.1, -0.05) is 60.2 Å². The zero-order valence-corrected chi connectivity index (χ0v) is 19.2. The first kappa shape index (κ1) is 21.6. The molecule has 2 heterocycles. The molecule has 6 nitrogen and oxygen atoms in total. The molecular formula is C27H28N2O4. The molecule has 2 aliphatic rings. The van der Waals surface area contributed by atoms with Crippen LogP contribution in [0.2, 0.25) is 0 Å². The van der Waals surface area contributed by atoms with Gasteiger partial charge in [-0.05, 0) is 30.5 Å². The van der Waals surface area contributed by atoms with E-state index < -0.39 is 29.1 Å². The Kier molecular flexibility index (Phi) is 4.85. The summed E-state index contributed by atoms with van der Waals surface area (Å²) >= 11 is 0. The summed E-state index contributed by atoms with van der Waals surface area (Å²) in [5.41, 5.74) is 0.478. The second kappa shape index (κ2) is 7.40. The number of amides is 1. The number of carbonyl (C=O) groups is 1. The predicted molar refractivity (Wildman–Crippen MR) is 124 cm³/mol. The maximum Gasteiger partial charge on any atom is 0.228 e. The maximum atomic E-state index is 13.5. The van der Waals surface area contributed by atoms with Crippen LogP contribution in [0.15, 0.2) is 67.0 Å². The predicted octanol–water partition coefficient (Wildman–Crippen LogP) is 3.04. The molecule has 0 saturated heterocycles. The molecule has 6 heteroatoms.